The van der Waals surface area contributed by atoms with Crippen LogP contribution in [0.5, 0.6) is 0 Å². The molecule has 0 saturated heterocycles. The maximum absolute atomic E-state index is 5.47. The highest BCUT2D eigenvalue weighted by Crippen LogP contribution is 2.25. The highest BCUT2D eigenvalue weighted by molar-refractivity contribution is 7.10. The van der Waals surface area contributed by atoms with Gasteiger partial charge < -0.3 is 11.1 Å². The number of hydrogen-bond acceptors (Lipinski definition) is 3. The average Bonchev–Trinajstić information content (AvgIpc) is 2.70. The Balaban J connectivity index is 2.39. The lowest BCUT2D eigenvalue weighted by Crippen LogP contribution is -2.26. The summed E-state index contributed by atoms with van der Waals surface area (Å²) in [6, 6.07) is 4.84. The monoisotopic (exact) mass is 226 g/mol. The molecule has 3 heteroatoms. The molecule has 0 radical (unpaired) electrons. The van der Waals surface area contributed by atoms with Gasteiger partial charge >= 0.3 is 0 Å². The molecular formula is C12H22N2S. The standard InChI is InChI=1S/C12H22N2S/c1-10(2)12(11-6-5-9-15-11)14-8-4-3-7-13/h5-6,9-10,12,14H,3-4,7-8,13H2,1-2H3. The fourth-order valence-corrected chi connectivity index (χ4v) is 2.63. The number of nitrogens with one attached hydrogen (secondary N) is 1. The Hall–Kier alpha value is -0.380. The molecule has 0 aliphatic rings. The van der Waals surface area contributed by atoms with Gasteiger partial charge in [0.15, 0.2) is 0 Å². The second-order valence-electron chi connectivity index (χ2n) is 4.19. The van der Waals surface area contributed by atoms with Gasteiger partial charge in [-0.05, 0) is 43.3 Å². The molecule has 1 unspecified atom stereocenters. The van der Waals surface area contributed by atoms with Crippen molar-refractivity contribution in [2.75, 3.05) is 13.1 Å². The summed E-state index contributed by atoms with van der Waals surface area (Å²) in [4.78, 5) is 1.44. The van der Waals surface area contributed by atoms with Crippen molar-refractivity contribution in [1.29, 1.82) is 0 Å². The summed E-state index contributed by atoms with van der Waals surface area (Å²) >= 11 is 1.84. The summed E-state index contributed by atoms with van der Waals surface area (Å²) in [6.07, 6.45) is 2.29. The minimum atomic E-state index is 0.503. The number of thiophene rings is 1. The third-order valence-corrected chi connectivity index (χ3v) is 3.47. The summed E-state index contributed by atoms with van der Waals surface area (Å²) in [7, 11) is 0. The molecule has 0 aliphatic carbocycles. The fourth-order valence-electron chi connectivity index (χ4n) is 1.66. The molecule has 3 N–H and O–H groups in total. The Morgan fingerprint density at radius 1 is 1.40 bits per heavy atom. The number of nitrogens with two attached hydrogens (primary N) is 1. The topological polar surface area (TPSA) is 38.0 Å². The fraction of sp³-hybridized carbons (Fsp3) is 0.667. The molecule has 1 rings (SSSR count). The molecule has 1 aromatic heterocycles. The van der Waals surface area contributed by atoms with Gasteiger partial charge in [-0.1, -0.05) is 19.9 Å². The van der Waals surface area contributed by atoms with Crippen LogP contribution in [0.15, 0.2) is 17.5 Å². The van der Waals surface area contributed by atoms with Gasteiger partial charge in [0.2, 0.25) is 0 Å². The van der Waals surface area contributed by atoms with Gasteiger partial charge in [0.1, 0.15) is 0 Å². The maximum Gasteiger partial charge on any atom is 0.0438 e. The Kier molecular flexibility index (Phi) is 5.91. The second kappa shape index (κ2) is 6.99. The first kappa shape index (κ1) is 12.7. The Morgan fingerprint density at radius 3 is 2.73 bits per heavy atom. The summed E-state index contributed by atoms with van der Waals surface area (Å²) in [5, 5.41) is 5.76. The molecule has 2 nitrogen and oxygen atoms in total. The van der Waals surface area contributed by atoms with Gasteiger partial charge in [0.25, 0.3) is 0 Å². The number of rotatable bonds is 7. The molecule has 0 spiro atoms. The van der Waals surface area contributed by atoms with Crippen molar-refractivity contribution in [3.8, 4) is 0 Å². The molecule has 86 valence electrons. The van der Waals surface area contributed by atoms with E-state index in [2.05, 4.69) is 36.7 Å². The molecule has 15 heavy (non-hydrogen) atoms. The van der Waals surface area contributed by atoms with E-state index in [0.717, 1.165) is 19.5 Å². The second-order valence-corrected chi connectivity index (χ2v) is 5.17. The van der Waals surface area contributed by atoms with Gasteiger partial charge in [-0.15, -0.1) is 11.3 Å². The lowest BCUT2D eigenvalue weighted by Gasteiger charge is -2.21. The van der Waals surface area contributed by atoms with Gasteiger partial charge in [-0.3, -0.25) is 0 Å². The highest BCUT2D eigenvalue weighted by atomic mass is 32.1. The molecule has 0 fully saturated rings. The van der Waals surface area contributed by atoms with E-state index in [4.69, 9.17) is 5.73 Å². The molecule has 0 bridgehead atoms. The zero-order valence-corrected chi connectivity index (χ0v) is 10.5. The average molecular weight is 226 g/mol. The number of unbranched alkanes of at least 4 members (excludes halogenated alkanes) is 1. The van der Waals surface area contributed by atoms with Crippen LogP contribution in [0, 0.1) is 5.92 Å². The van der Waals surface area contributed by atoms with Crippen molar-refractivity contribution >= 4 is 11.3 Å². The Bertz CT molecular complexity index is 244. The van der Waals surface area contributed by atoms with Crippen molar-refractivity contribution in [2.45, 2.75) is 32.7 Å². The van der Waals surface area contributed by atoms with Crippen LogP contribution < -0.4 is 11.1 Å². The zero-order chi connectivity index (χ0) is 11.1. The van der Waals surface area contributed by atoms with Crippen LogP contribution in [0.1, 0.15) is 37.6 Å². The summed E-state index contributed by atoms with van der Waals surface area (Å²) in [5.74, 6) is 0.640. The third kappa shape index (κ3) is 4.33. The molecule has 0 saturated carbocycles. The molecule has 1 atom stereocenters. The minimum absolute atomic E-state index is 0.503. The van der Waals surface area contributed by atoms with Crippen molar-refractivity contribution in [3.05, 3.63) is 22.4 Å². The van der Waals surface area contributed by atoms with E-state index in [0.29, 0.717) is 12.0 Å². The quantitative estimate of drug-likeness (QED) is 0.702. The molecule has 1 heterocycles. The van der Waals surface area contributed by atoms with Crippen LogP contribution in [0.4, 0.5) is 0 Å². The van der Waals surface area contributed by atoms with Gasteiger partial charge in [-0.25, -0.2) is 0 Å². The first-order valence-corrected chi connectivity index (χ1v) is 6.60. The van der Waals surface area contributed by atoms with Gasteiger partial charge in [0, 0.05) is 10.9 Å². The summed E-state index contributed by atoms with van der Waals surface area (Å²) in [5.41, 5.74) is 5.47. The molecule has 0 aliphatic heterocycles. The van der Waals surface area contributed by atoms with E-state index < -0.39 is 0 Å². The van der Waals surface area contributed by atoms with E-state index in [1.165, 1.54) is 11.3 Å². The van der Waals surface area contributed by atoms with E-state index in [9.17, 15) is 0 Å². The predicted molar refractivity (Wildman–Crippen MR) is 68.2 cm³/mol. The Morgan fingerprint density at radius 2 is 2.20 bits per heavy atom. The summed E-state index contributed by atoms with van der Waals surface area (Å²) < 4.78 is 0. The van der Waals surface area contributed by atoms with Crippen LogP contribution >= 0.6 is 11.3 Å². The lowest BCUT2D eigenvalue weighted by atomic mass is 10.0. The molecule has 1 aromatic rings. The van der Waals surface area contributed by atoms with E-state index >= 15 is 0 Å². The number of hydrogen-bond donors (Lipinski definition) is 2. The smallest absolute Gasteiger partial charge is 0.0438 e. The maximum atomic E-state index is 5.47. The molecule has 0 amide bonds. The van der Waals surface area contributed by atoms with Crippen LogP contribution in [0.3, 0.4) is 0 Å². The first-order chi connectivity index (χ1) is 7.25. The van der Waals surface area contributed by atoms with Gasteiger partial charge in [0.05, 0.1) is 0 Å². The summed E-state index contributed by atoms with van der Waals surface area (Å²) in [6.45, 7) is 6.39. The van der Waals surface area contributed by atoms with Crippen molar-refractivity contribution in [1.82, 2.24) is 5.32 Å². The SMILES string of the molecule is CC(C)C(NCCCCN)c1cccs1. The van der Waals surface area contributed by atoms with Crippen LogP contribution in [-0.4, -0.2) is 13.1 Å². The van der Waals surface area contributed by atoms with Gasteiger partial charge in [-0.2, -0.15) is 0 Å². The molecular weight excluding hydrogens is 204 g/mol. The van der Waals surface area contributed by atoms with E-state index in [1.807, 2.05) is 11.3 Å². The zero-order valence-electron chi connectivity index (χ0n) is 9.70. The third-order valence-electron chi connectivity index (χ3n) is 2.51. The van der Waals surface area contributed by atoms with E-state index in [1.54, 1.807) is 0 Å². The van der Waals surface area contributed by atoms with Crippen LogP contribution in [0.2, 0.25) is 0 Å². The van der Waals surface area contributed by atoms with Crippen molar-refractivity contribution < 1.29 is 0 Å². The normalized spacial score (nSPS) is 13.3. The first-order valence-electron chi connectivity index (χ1n) is 5.72. The van der Waals surface area contributed by atoms with Crippen molar-refractivity contribution in [2.24, 2.45) is 11.7 Å². The molecule has 0 aromatic carbocycles. The minimum Gasteiger partial charge on any atom is -0.330 e. The highest BCUT2D eigenvalue weighted by Gasteiger charge is 2.15. The van der Waals surface area contributed by atoms with E-state index in [-0.39, 0.29) is 0 Å². The van der Waals surface area contributed by atoms with Crippen molar-refractivity contribution in [3.63, 3.8) is 0 Å². The lowest BCUT2D eigenvalue weighted by molar-refractivity contribution is 0.413. The van der Waals surface area contributed by atoms with Crippen LogP contribution in [0.25, 0.3) is 0 Å². The predicted octanol–water partition coefficient (Wildman–Crippen LogP) is 2.77. The largest absolute Gasteiger partial charge is 0.330 e. The Labute approximate surface area is 96.9 Å². The van der Waals surface area contributed by atoms with Crippen LogP contribution in [-0.2, 0) is 0 Å².